The van der Waals surface area contributed by atoms with Crippen molar-refractivity contribution in [2.75, 3.05) is 4.90 Å². The van der Waals surface area contributed by atoms with Crippen molar-refractivity contribution in [1.82, 2.24) is 0 Å². The Bertz CT molecular complexity index is 1160. The first-order valence-corrected chi connectivity index (χ1v) is 10.4. The van der Waals surface area contributed by atoms with Gasteiger partial charge in [-0.1, -0.05) is 62.7 Å². The molecule has 1 aliphatic rings. The fourth-order valence-electron chi connectivity index (χ4n) is 4.30. The number of hydrogen-bond acceptors (Lipinski definition) is 1. The third kappa shape index (κ3) is 3.13. The van der Waals surface area contributed by atoms with E-state index in [-0.39, 0.29) is 17.1 Å². The van der Waals surface area contributed by atoms with Crippen molar-refractivity contribution >= 4 is 28.9 Å². The van der Waals surface area contributed by atoms with E-state index < -0.39 is 5.41 Å². The Labute approximate surface area is 182 Å². The van der Waals surface area contributed by atoms with Crippen LogP contribution < -0.4 is 4.90 Å². The number of carbonyl (C=O) groups is 1. The highest BCUT2D eigenvalue weighted by Crippen LogP contribution is 2.50. The summed E-state index contributed by atoms with van der Waals surface area (Å²) in [5, 5.41) is 0.553. The number of hydrogen-bond donors (Lipinski definition) is 0. The summed E-state index contributed by atoms with van der Waals surface area (Å²) in [6.45, 7) is 9.78. The molecular formula is C26H25ClFNO. The third-order valence-electron chi connectivity index (χ3n) is 5.98. The number of nitrogens with zero attached hydrogens (tertiary/aromatic N) is 1. The highest BCUT2D eigenvalue weighted by molar-refractivity contribution is 6.31. The van der Waals surface area contributed by atoms with Crippen molar-refractivity contribution in [3.8, 4) is 0 Å². The lowest BCUT2D eigenvalue weighted by molar-refractivity contribution is -0.120. The molecule has 0 N–H and O–H groups in total. The standard InChI is InChI=1S/C26H25ClFNO/c1-16-7-6-8-19(13-16)29-23-15-18(27)10-12-21(23)26(5,24(29)30)17-9-11-20(22(28)14-17)25(2,3)4/h6-15H,1-5H3. The zero-order valence-electron chi connectivity index (χ0n) is 17.9. The average Bonchev–Trinajstić information content (AvgIpc) is 2.88. The molecular weight excluding hydrogens is 397 g/mol. The van der Waals surface area contributed by atoms with Crippen LogP contribution >= 0.6 is 11.6 Å². The van der Waals surface area contributed by atoms with Crippen molar-refractivity contribution < 1.29 is 9.18 Å². The van der Waals surface area contributed by atoms with Gasteiger partial charge in [-0.15, -0.1) is 0 Å². The maximum Gasteiger partial charge on any atom is 0.246 e. The molecule has 0 radical (unpaired) electrons. The van der Waals surface area contributed by atoms with Gasteiger partial charge in [-0.05, 0) is 71.8 Å². The smallest absolute Gasteiger partial charge is 0.246 e. The van der Waals surface area contributed by atoms with Crippen LogP contribution in [-0.4, -0.2) is 5.91 Å². The van der Waals surface area contributed by atoms with Gasteiger partial charge in [-0.2, -0.15) is 0 Å². The minimum absolute atomic E-state index is 0.117. The summed E-state index contributed by atoms with van der Waals surface area (Å²) in [6.07, 6.45) is 0. The Balaban J connectivity index is 1.93. The molecule has 2 nitrogen and oxygen atoms in total. The monoisotopic (exact) mass is 421 g/mol. The van der Waals surface area contributed by atoms with E-state index in [1.165, 1.54) is 6.07 Å². The molecule has 4 rings (SSSR count). The van der Waals surface area contributed by atoms with Crippen LogP contribution in [0, 0.1) is 12.7 Å². The number of carbonyl (C=O) groups excluding carboxylic acids is 1. The van der Waals surface area contributed by atoms with Gasteiger partial charge < -0.3 is 0 Å². The van der Waals surface area contributed by atoms with Crippen molar-refractivity contribution in [3.05, 3.63) is 93.8 Å². The van der Waals surface area contributed by atoms with Gasteiger partial charge in [0.1, 0.15) is 5.82 Å². The number of halogens is 2. The highest BCUT2D eigenvalue weighted by Gasteiger charge is 2.49. The molecule has 0 aliphatic carbocycles. The maximum atomic E-state index is 15.1. The Morgan fingerprint density at radius 3 is 2.37 bits per heavy atom. The molecule has 1 amide bonds. The zero-order chi connectivity index (χ0) is 21.8. The largest absolute Gasteiger partial charge is 0.280 e. The van der Waals surface area contributed by atoms with Crippen LogP contribution in [0.4, 0.5) is 15.8 Å². The molecule has 1 heterocycles. The fraction of sp³-hybridized carbons (Fsp3) is 0.269. The second-order valence-corrected chi connectivity index (χ2v) is 9.65. The van der Waals surface area contributed by atoms with Crippen LogP contribution in [0.3, 0.4) is 0 Å². The molecule has 3 aromatic rings. The van der Waals surface area contributed by atoms with Crippen LogP contribution in [0.2, 0.25) is 5.02 Å². The molecule has 1 aliphatic heterocycles. The predicted molar refractivity (Wildman–Crippen MR) is 121 cm³/mol. The van der Waals surface area contributed by atoms with E-state index in [2.05, 4.69) is 0 Å². The zero-order valence-corrected chi connectivity index (χ0v) is 18.6. The first-order valence-electron chi connectivity index (χ1n) is 10.1. The summed E-state index contributed by atoms with van der Waals surface area (Å²) in [5.74, 6) is -0.410. The first kappa shape index (κ1) is 20.6. The Hall–Kier alpha value is -2.65. The van der Waals surface area contributed by atoms with Gasteiger partial charge in [0, 0.05) is 10.7 Å². The van der Waals surface area contributed by atoms with E-state index in [1.54, 1.807) is 17.0 Å². The topological polar surface area (TPSA) is 20.3 Å². The fourth-order valence-corrected chi connectivity index (χ4v) is 4.46. The van der Waals surface area contributed by atoms with Crippen molar-refractivity contribution in [2.24, 2.45) is 0 Å². The van der Waals surface area contributed by atoms with Gasteiger partial charge in [0.2, 0.25) is 5.91 Å². The van der Waals surface area contributed by atoms with Crippen molar-refractivity contribution in [3.63, 3.8) is 0 Å². The number of benzene rings is 3. The Morgan fingerprint density at radius 1 is 1.00 bits per heavy atom. The Kier molecular flexibility index (Phi) is 4.78. The van der Waals surface area contributed by atoms with Gasteiger partial charge >= 0.3 is 0 Å². The van der Waals surface area contributed by atoms with Gasteiger partial charge in [-0.25, -0.2) is 4.39 Å². The lowest BCUT2D eigenvalue weighted by atomic mass is 9.75. The molecule has 3 aromatic carbocycles. The SMILES string of the molecule is Cc1cccc(N2C(=O)C(C)(c3ccc(C(C)(C)C)c(F)c3)c3ccc(Cl)cc32)c1. The number of amides is 1. The number of anilines is 2. The van der Waals surface area contributed by atoms with E-state index in [0.717, 1.165) is 22.5 Å². The number of fused-ring (bicyclic) bond motifs is 1. The summed E-state index contributed by atoms with van der Waals surface area (Å²) in [5.41, 5.74) is 3.33. The summed E-state index contributed by atoms with van der Waals surface area (Å²) < 4.78 is 15.1. The minimum Gasteiger partial charge on any atom is -0.280 e. The summed E-state index contributed by atoms with van der Waals surface area (Å²) in [7, 11) is 0. The number of aryl methyl sites for hydroxylation is 1. The molecule has 0 bridgehead atoms. The van der Waals surface area contributed by atoms with Crippen LogP contribution in [-0.2, 0) is 15.6 Å². The molecule has 0 fully saturated rings. The van der Waals surface area contributed by atoms with E-state index in [0.29, 0.717) is 16.1 Å². The van der Waals surface area contributed by atoms with E-state index in [4.69, 9.17) is 11.6 Å². The molecule has 0 aromatic heterocycles. The van der Waals surface area contributed by atoms with Crippen LogP contribution in [0.15, 0.2) is 60.7 Å². The third-order valence-corrected chi connectivity index (χ3v) is 6.22. The maximum absolute atomic E-state index is 15.1. The molecule has 0 saturated heterocycles. The summed E-state index contributed by atoms with van der Waals surface area (Å²) in [6, 6.07) is 18.4. The number of rotatable bonds is 2. The van der Waals surface area contributed by atoms with E-state index in [1.807, 2.05) is 77.1 Å². The molecule has 30 heavy (non-hydrogen) atoms. The van der Waals surface area contributed by atoms with Crippen molar-refractivity contribution in [2.45, 2.75) is 45.4 Å². The quantitative estimate of drug-likeness (QED) is 0.433. The van der Waals surface area contributed by atoms with Crippen LogP contribution in [0.25, 0.3) is 0 Å². The normalized spacial score (nSPS) is 18.6. The van der Waals surface area contributed by atoms with Crippen LogP contribution in [0.1, 0.15) is 49.9 Å². The molecule has 0 spiro atoms. The van der Waals surface area contributed by atoms with Gasteiger partial charge in [-0.3, -0.25) is 9.69 Å². The summed E-state index contributed by atoms with van der Waals surface area (Å²) in [4.78, 5) is 15.6. The minimum atomic E-state index is -1.01. The summed E-state index contributed by atoms with van der Waals surface area (Å²) >= 11 is 6.29. The van der Waals surface area contributed by atoms with Crippen LogP contribution in [0.5, 0.6) is 0 Å². The van der Waals surface area contributed by atoms with E-state index >= 15 is 4.39 Å². The lowest BCUT2D eigenvalue weighted by Gasteiger charge is -2.27. The average molecular weight is 422 g/mol. The Morgan fingerprint density at radius 2 is 1.73 bits per heavy atom. The van der Waals surface area contributed by atoms with E-state index in [9.17, 15) is 4.79 Å². The molecule has 0 saturated carbocycles. The highest BCUT2D eigenvalue weighted by atomic mass is 35.5. The molecule has 154 valence electrons. The second kappa shape index (κ2) is 6.95. The van der Waals surface area contributed by atoms with Gasteiger partial charge in [0.15, 0.2) is 0 Å². The molecule has 4 heteroatoms. The van der Waals surface area contributed by atoms with Gasteiger partial charge in [0.25, 0.3) is 0 Å². The molecule has 1 atom stereocenters. The molecule has 1 unspecified atom stereocenters. The second-order valence-electron chi connectivity index (χ2n) is 9.21. The first-order chi connectivity index (χ1) is 14.0. The predicted octanol–water partition coefficient (Wildman–Crippen LogP) is 7.07. The lowest BCUT2D eigenvalue weighted by Crippen LogP contribution is -2.37. The van der Waals surface area contributed by atoms with Gasteiger partial charge in [0.05, 0.1) is 11.1 Å². The van der Waals surface area contributed by atoms with Crippen molar-refractivity contribution in [1.29, 1.82) is 0 Å².